The topological polar surface area (TPSA) is 20.2 Å². The number of allylic oxidation sites excluding steroid dienone is 6. The van der Waals surface area contributed by atoms with Crippen LogP contribution < -0.4 is 0 Å². The summed E-state index contributed by atoms with van der Waals surface area (Å²) in [6.07, 6.45) is 20.1. The van der Waals surface area contributed by atoms with Gasteiger partial charge in [0.25, 0.3) is 0 Å². The molecule has 0 amide bonds. The summed E-state index contributed by atoms with van der Waals surface area (Å²) in [5.74, 6) is 0.552. The zero-order valence-electron chi connectivity index (χ0n) is 11.0. The summed E-state index contributed by atoms with van der Waals surface area (Å²) < 4.78 is 0. The lowest BCUT2D eigenvalue weighted by Crippen LogP contribution is -1.93. The Hall–Kier alpha value is -1.08. The molecule has 0 aliphatic rings. The predicted octanol–water partition coefficient (Wildman–Crippen LogP) is 4.42. The van der Waals surface area contributed by atoms with Crippen molar-refractivity contribution in [2.24, 2.45) is 5.92 Å². The van der Waals surface area contributed by atoms with Gasteiger partial charge in [-0.2, -0.15) is 0 Å². The molecule has 0 fully saturated rings. The summed E-state index contributed by atoms with van der Waals surface area (Å²) in [4.78, 5) is 0. The van der Waals surface area contributed by atoms with Crippen LogP contribution in [0.25, 0.3) is 0 Å². The van der Waals surface area contributed by atoms with E-state index in [0.29, 0.717) is 5.92 Å². The van der Waals surface area contributed by atoms with Crippen LogP contribution in [0.5, 0.6) is 0 Å². The lowest BCUT2D eigenvalue weighted by atomic mass is 9.99. The fourth-order valence-electron chi connectivity index (χ4n) is 1.58. The van der Waals surface area contributed by atoms with Crippen molar-refractivity contribution in [3.8, 4) is 0 Å². The Kier molecular flexibility index (Phi) is 12.2. The van der Waals surface area contributed by atoms with Crippen molar-refractivity contribution < 1.29 is 5.11 Å². The minimum Gasteiger partial charge on any atom is -0.392 e. The minimum atomic E-state index is 0.142. The number of aliphatic hydroxyl groups excluding tert-OH is 1. The zero-order chi connectivity index (χ0) is 12.8. The normalized spacial score (nSPS) is 14.0. The molecule has 0 radical (unpaired) electrons. The number of unbranched alkanes of at least 4 members (excludes halogenated alkanes) is 1. The van der Waals surface area contributed by atoms with Crippen LogP contribution in [0.1, 0.15) is 39.0 Å². The summed E-state index contributed by atoms with van der Waals surface area (Å²) >= 11 is 0. The molecule has 1 nitrogen and oxygen atoms in total. The summed E-state index contributed by atoms with van der Waals surface area (Å²) in [6.45, 7) is 6.07. The van der Waals surface area contributed by atoms with Gasteiger partial charge in [0.1, 0.15) is 0 Å². The van der Waals surface area contributed by atoms with Gasteiger partial charge >= 0.3 is 0 Å². The molecule has 96 valence electrons. The Morgan fingerprint density at radius 3 is 2.35 bits per heavy atom. The Morgan fingerprint density at radius 2 is 1.71 bits per heavy atom. The van der Waals surface area contributed by atoms with E-state index in [9.17, 15) is 0 Å². The van der Waals surface area contributed by atoms with Gasteiger partial charge in [0.15, 0.2) is 0 Å². The fourth-order valence-corrected chi connectivity index (χ4v) is 1.58. The maximum atomic E-state index is 8.61. The summed E-state index contributed by atoms with van der Waals surface area (Å²) in [6, 6.07) is 0. The Labute approximate surface area is 106 Å². The quantitative estimate of drug-likeness (QED) is 0.438. The molecule has 0 rings (SSSR count). The molecule has 0 aromatic rings. The van der Waals surface area contributed by atoms with E-state index in [4.69, 9.17) is 5.11 Å². The van der Waals surface area contributed by atoms with Gasteiger partial charge in [-0.1, -0.05) is 42.5 Å². The van der Waals surface area contributed by atoms with Crippen LogP contribution in [0.4, 0.5) is 0 Å². The highest BCUT2D eigenvalue weighted by Crippen LogP contribution is 2.13. The first-order valence-corrected chi connectivity index (χ1v) is 6.49. The first-order valence-electron chi connectivity index (χ1n) is 6.49. The monoisotopic (exact) mass is 234 g/mol. The first-order chi connectivity index (χ1) is 8.35. The molecule has 1 heteroatoms. The Balaban J connectivity index is 3.66. The standard InChI is InChI=1S/C16H26O/c1-3-5-6-7-8-10-13-16(4-2)14-11-9-12-15-17/h3-5,8-10,12,16-17H,2,6-7,11,13-15H2,1H3/b5-3+,10-8+,12-9-. The van der Waals surface area contributed by atoms with Crippen molar-refractivity contribution in [2.75, 3.05) is 6.61 Å². The largest absolute Gasteiger partial charge is 0.392 e. The van der Waals surface area contributed by atoms with E-state index in [2.05, 4.69) is 37.8 Å². The van der Waals surface area contributed by atoms with Crippen LogP contribution in [-0.4, -0.2) is 11.7 Å². The van der Waals surface area contributed by atoms with E-state index < -0.39 is 0 Å². The molecule has 0 aliphatic heterocycles. The van der Waals surface area contributed by atoms with Gasteiger partial charge in [-0.05, 0) is 44.9 Å². The molecule has 0 aromatic heterocycles. The molecule has 0 spiro atoms. The van der Waals surface area contributed by atoms with Crippen molar-refractivity contribution in [1.82, 2.24) is 0 Å². The molecule has 1 N–H and O–H groups in total. The average molecular weight is 234 g/mol. The fraction of sp³-hybridized carbons (Fsp3) is 0.500. The van der Waals surface area contributed by atoms with Crippen molar-refractivity contribution in [1.29, 1.82) is 0 Å². The van der Waals surface area contributed by atoms with Crippen LogP contribution in [0, 0.1) is 5.92 Å². The van der Waals surface area contributed by atoms with E-state index in [1.165, 1.54) is 0 Å². The molecular weight excluding hydrogens is 208 g/mol. The van der Waals surface area contributed by atoms with E-state index in [1.807, 2.05) is 12.2 Å². The third-order valence-corrected chi connectivity index (χ3v) is 2.65. The maximum Gasteiger partial charge on any atom is 0.0612 e. The lowest BCUT2D eigenvalue weighted by molar-refractivity contribution is 0.342. The van der Waals surface area contributed by atoms with Crippen molar-refractivity contribution in [2.45, 2.75) is 39.0 Å². The number of rotatable bonds is 10. The van der Waals surface area contributed by atoms with Crippen LogP contribution in [0.15, 0.2) is 49.1 Å². The number of aliphatic hydroxyl groups is 1. The number of hydrogen-bond acceptors (Lipinski definition) is 1. The predicted molar refractivity (Wildman–Crippen MR) is 77.0 cm³/mol. The van der Waals surface area contributed by atoms with Gasteiger partial charge in [-0.3, -0.25) is 0 Å². The van der Waals surface area contributed by atoms with E-state index >= 15 is 0 Å². The van der Waals surface area contributed by atoms with Gasteiger partial charge in [0, 0.05) is 0 Å². The van der Waals surface area contributed by atoms with Crippen LogP contribution in [-0.2, 0) is 0 Å². The molecule has 0 saturated carbocycles. The van der Waals surface area contributed by atoms with Gasteiger partial charge in [0.05, 0.1) is 6.61 Å². The molecular formula is C16H26O. The second-order valence-corrected chi connectivity index (χ2v) is 4.08. The molecule has 1 atom stereocenters. The van der Waals surface area contributed by atoms with Gasteiger partial charge < -0.3 is 5.11 Å². The highest BCUT2D eigenvalue weighted by Gasteiger charge is 1.99. The maximum absolute atomic E-state index is 8.61. The summed E-state index contributed by atoms with van der Waals surface area (Å²) in [7, 11) is 0. The molecule has 0 bridgehead atoms. The van der Waals surface area contributed by atoms with Crippen molar-refractivity contribution >= 4 is 0 Å². The van der Waals surface area contributed by atoms with Crippen LogP contribution in [0.2, 0.25) is 0 Å². The molecule has 0 heterocycles. The highest BCUT2D eigenvalue weighted by molar-refractivity contribution is 4.93. The SMILES string of the molecule is C=CC(C/C=C/CC/C=C/C)CC/C=C\CO. The molecule has 1 unspecified atom stereocenters. The molecule has 0 saturated heterocycles. The van der Waals surface area contributed by atoms with Gasteiger partial charge in [0.2, 0.25) is 0 Å². The van der Waals surface area contributed by atoms with Gasteiger partial charge in [-0.15, -0.1) is 6.58 Å². The van der Waals surface area contributed by atoms with Crippen LogP contribution in [0.3, 0.4) is 0 Å². The lowest BCUT2D eigenvalue weighted by Gasteiger charge is -2.07. The third-order valence-electron chi connectivity index (χ3n) is 2.65. The smallest absolute Gasteiger partial charge is 0.0612 e. The zero-order valence-corrected chi connectivity index (χ0v) is 11.0. The van der Waals surface area contributed by atoms with E-state index in [0.717, 1.165) is 32.1 Å². The summed E-state index contributed by atoms with van der Waals surface area (Å²) in [5, 5.41) is 8.61. The minimum absolute atomic E-state index is 0.142. The molecule has 0 aliphatic carbocycles. The molecule has 17 heavy (non-hydrogen) atoms. The second-order valence-electron chi connectivity index (χ2n) is 4.08. The van der Waals surface area contributed by atoms with Gasteiger partial charge in [-0.25, -0.2) is 0 Å². The van der Waals surface area contributed by atoms with E-state index in [-0.39, 0.29) is 6.61 Å². The Bertz CT molecular complexity index is 248. The van der Waals surface area contributed by atoms with Crippen molar-refractivity contribution in [3.05, 3.63) is 49.1 Å². The highest BCUT2D eigenvalue weighted by atomic mass is 16.2. The summed E-state index contributed by atoms with van der Waals surface area (Å²) in [5.41, 5.74) is 0. The molecule has 0 aromatic carbocycles. The first kappa shape index (κ1) is 15.9. The van der Waals surface area contributed by atoms with Crippen molar-refractivity contribution in [3.63, 3.8) is 0 Å². The average Bonchev–Trinajstić information content (AvgIpc) is 2.36. The number of hydrogen-bond donors (Lipinski definition) is 1. The third kappa shape index (κ3) is 11.2. The Morgan fingerprint density at radius 1 is 1.00 bits per heavy atom. The van der Waals surface area contributed by atoms with Crippen LogP contribution >= 0.6 is 0 Å². The second kappa shape index (κ2) is 13.0. The van der Waals surface area contributed by atoms with E-state index in [1.54, 1.807) is 6.08 Å².